The number of piperidine rings is 2. The minimum absolute atomic E-state index is 0.0750. The number of anilines is 4. The van der Waals surface area contributed by atoms with Gasteiger partial charge in [-0.25, -0.2) is 22.2 Å². The second kappa shape index (κ2) is 10.7. The van der Waals surface area contributed by atoms with Crippen LogP contribution in [0.4, 0.5) is 31.9 Å². The van der Waals surface area contributed by atoms with Crippen molar-refractivity contribution >= 4 is 39.1 Å². The summed E-state index contributed by atoms with van der Waals surface area (Å²) >= 11 is 0. The van der Waals surface area contributed by atoms with E-state index in [4.69, 9.17) is 5.11 Å². The highest BCUT2D eigenvalue weighted by Gasteiger charge is 2.45. The molecule has 0 unspecified atom stereocenters. The van der Waals surface area contributed by atoms with Gasteiger partial charge in [-0.15, -0.1) is 0 Å². The SMILES string of the molecule is Cc1cc(N2CCC(F)(F)CC2)nc(NC(=O)c2c(C)cc(NS(=O)(=O)CCO)cc2N2CCC3(CC2)CC3)n1. The Hall–Kier alpha value is -3.06. The second-order valence-corrected chi connectivity index (χ2v) is 13.1. The summed E-state index contributed by atoms with van der Waals surface area (Å²) in [6.07, 6.45) is 3.93. The van der Waals surface area contributed by atoms with Gasteiger partial charge in [-0.2, -0.15) is 4.98 Å². The number of aliphatic hydroxyl groups is 1. The molecule has 3 N–H and O–H groups in total. The first-order valence-electron chi connectivity index (χ1n) is 13.7. The standard InChI is InChI=1S/C27H36F2N6O4S/c1-18-15-20(33-40(38,39)14-13-36)17-21(34-9-5-26(3-4-26)6-10-34)23(18)24(37)32-25-30-19(2)16-22(31-25)35-11-7-27(28,29)8-12-35/h15-17,33,36H,3-14H2,1-2H3,(H,30,31,32,37). The molecule has 2 aliphatic heterocycles. The second-order valence-electron chi connectivity index (χ2n) is 11.3. The molecular weight excluding hydrogens is 542 g/mol. The molecule has 10 nitrogen and oxygen atoms in total. The first-order chi connectivity index (χ1) is 18.9. The van der Waals surface area contributed by atoms with Crippen molar-refractivity contribution in [1.29, 1.82) is 0 Å². The van der Waals surface area contributed by atoms with Gasteiger partial charge < -0.3 is 14.9 Å². The fraction of sp³-hybridized carbons (Fsp3) is 0.593. The molecule has 3 aliphatic rings. The zero-order valence-corrected chi connectivity index (χ0v) is 23.7. The van der Waals surface area contributed by atoms with E-state index >= 15 is 0 Å². The zero-order valence-electron chi connectivity index (χ0n) is 22.8. The molecule has 40 heavy (non-hydrogen) atoms. The monoisotopic (exact) mass is 578 g/mol. The summed E-state index contributed by atoms with van der Waals surface area (Å²) in [5, 5.41) is 11.9. The number of nitrogens with one attached hydrogen (secondary N) is 2. The highest BCUT2D eigenvalue weighted by atomic mass is 32.2. The number of nitrogens with zero attached hydrogens (tertiary/aromatic N) is 4. The van der Waals surface area contributed by atoms with Crippen LogP contribution in [0.15, 0.2) is 18.2 Å². The largest absolute Gasteiger partial charge is 0.395 e. The molecule has 218 valence electrons. The lowest BCUT2D eigenvalue weighted by Crippen LogP contribution is -2.40. The van der Waals surface area contributed by atoms with Crippen LogP contribution in [0.3, 0.4) is 0 Å². The van der Waals surface area contributed by atoms with Crippen molar-refractivity contribution in [2.75, 3.05) is 58.4 Å². The Morgan fingerprint density at radius 3 is 2.25 bits per heavy atom. The molecule has 0 bridgehead atoms. The van der Waals surface area contributed by atoms with Crippen LogP contribution in [-0.4, -0.2) is 73.9 Å². The van der Waals surface area contributed by atoms with E-state index in [1.807, 2.05) is 0 Å². The van der Waals surface area contributed by atoms with Crippen LogP contribution in [0.5, 0.6) is 0 Å². The van der Waals surface area contributed by atoms with Gasteiger partial charge in [0.25, 0.3) is 11.8 Å². The first kappa shape index (κ1) is 28.5. The number of benzene rings is 1. The number of rotatable bonds is 8. The Labute approximate surface area is 233 Å². The summed E-state index contributed by atoms with van der Waals surface area (Å²) in [6.45, 7) is 4.80. The third-order valence-electron chi connectivity index (χ3n) is 8.18. The maximum atomic E-state index is 13.7. The number of amides is 1. The minimum Gasteiger partial charge on any atom is -0.395 e. The van der Waals surface area contributed by atoms with Gasteiger partial charge in [0.2, 0.25) is 16.0 Å². The predicted molar refractivity (Wildman–Crippen MR) is 150 cm³/mol. The van der Waals surface area contributed by atoms with E-state index < -0.39 is 34.2 Å². The lowest BCUT2D eigenvalue weighted by molar-refractivity contribution is -0.0221. The van der Waals surface area contributed by atoms with Gasteiger partial charge >= 0.3 is 0 Å². The fourth-order valence-electron chi connectivity index (χ4n) is 5.62. The number of sulfonamides is 1. The number of alkyl halides is 2. The Kier molecular flexibility index (Phi) is 7.64. The normalized spacial score (nSPS) is 19.9. The van der Waals surface area contributed by atoms with E-state index in [2.05, 4.69) is 24.9 Å². The number of hydrogen-bond donors (Lipinski definition) is 3. The molecule has 1 aliphatic carbocycles. The van der Waals surface area contributed by atoms with E-state index in [0.717, 1.165) is 25.9 Å². The summed E-state index contributed by atoms with van der Waals surface area (Å²) < 4.78 is 54.6. The van der Waals surface area contributed by atoms with Crippen LogP contribution in [0.2, 0.25) is 0 Å². The van der Waals surface area contributed by atoms with E-state index in [9.17, 15) is 22.0 Å². The molecular formula is C27H36F2N6O4S. The van der Waals surface area contributed by atoms with Crippen molar-refractivity contribution in [2.45, 2.75) is 58.3 Å². The van der Waals surface area contributed by atoms with Gasteiger partial charge in [-0.3, -0.25) is 14.8 Å². The molecule has 0 radical (unpaired) electrons. The van der Waals surface area contributed by atoms with Gasteiger partial charge in [0, 0.05) is 50.8 Å². The maximum absolute atomic E-state index is 13.7. The Balaban J connectivity index is 1.43. The van der Waals surface area contributed by atoms with Crippen LogP contribution in [-0.2, 0) is 10.0 Å². The zero-order chi connectivity index (χ0) is 28.7. The Morgan fingerprint density at radius 2 is 1.62 bits per heavy atom. The molecule has 1 aromatic heterocycles. The highest BCUT2D eigenvalue weighted by Crippen LogP contribution is 2.54. The van der Waals surface area contributed by atoms with Crippen molar-refractivity contribution in [3.8, 4) is 0 Å². The number of carbonyl (C=O) groups is 1. The Morgan fingerprint density at radius 1 is 0.975 bits per heavy atom. The fourth-order valence-corrected chi connectivity index (χ4v) is 6.44. The van der Waals surface area contributed by atoms with Crippen molar-refractivity contribution in [3.05, 3.63) is 35.0 Å². The molecule has 3 heterocycles. The topological polar surface area (TPSA) is 128 Å². The average molecular weight is 579 g/mol. The molecule has 13 heteroatoms. The first-order valence-corrected chi connectivity index (χ1v) is 15.3. The van der Waals surface area contributed by atoms with Crippen LogP contribution in [0.1, 0.15) is 60.1 Å². The number of carbonyl (C=O) groups excluding carboxylic acids is 1. The number of aryl methyl sites for hydroxylation is 2. The number of halogens is 2. The molecule has 1 saturated carbocycles. The molecule has 0 atom stereocenters. The number of hydrogen-bond acceptors (Lipinski definition) is 8. The summed E-state index contributed by atoms with van der Waals surface area (Å²) in [7, 11) is -3.76. The van der Waals surface area contributed by atoms with E-state index in [0.29, 0.717) is 39.4 Å². The van der Waals surface area contributed by atoms with Crippen molar-refractivity contribution in [2.24, 2.45) is 5.41 Å². The number of aliphatic hydroxyl groups excluding tert-OH is 1. The summed E-state index contributed by atoms with van der Waals surface area (Å²) in [6, 6.07) is 4.97. The van der Waals surface area contributed by atoms with Gasteiger partial charge in [0.15, 0.2) is 0 Å². The van der Waals surface area contributed by atoms with Crippen molar-refractivity contribution in [1.82, 2.24) is 9.97 Å². The van der Waals surface area contributed by atoms with Crippen LogP contribution in [0.25, 0.3) is 0 Å². The maximum Gasteiger partial charge on any atom is 0.260 e. The molecule has 2 saturated heterocycles. The van der Waals surface area contributed by atoms with E-state index in [-0.39, 0.29) is 31.9 Å². The molecule has 1 spiro atoms. The molecule has 2 aromatic rings. The van der Waals surface area contributed by atoms with Crippen molar-refractivity contribution in [3.63, 3.8) is 0 Å². The highest BCUT2D eigenvalue weighted by molar-refractivity contribution is 7.92. The summed E-state index contributed by atoms with van der Waals surface area (Å²) in [4.78, 5) is 26.4. The van der Waals surface area contributed by atoms with Crippen LogP contribution in [0, 0.1) is 19.3 Å². The Bertz CT molecular complexity index is 1380. The molecule has 1 aromatic carbocycles. The van der Waals surface area contributed by atoms with Crippen molar-refractivity contribution < 1.29 is 27.1 Å². The smallest absolute Gasteiger partial charge is 0.260 e. The van der Waals surface area contributed by atoms with E-state index in [1.54, 1.807) is 36.9 Å². The van der Waals surface area contributed by atoms with Crippen LogP contribution < -0.4 is 19.8 Å². The number of aromatic nitrogens is 2. The average Bonchev–Trinajstić information content (AvgIpc) is 3.61. The molecule has 3 fully saturated rings. The van der Waals surface area contributed by atoms with Gasteiger partial charge in [0.1, 0.15) is 5.82 Å². The van der Waals surface area contributed by atoms with Gasteiger partial charge in [-0.05, 0) is 62.6 Å². The quantitative estimate of drug-likeness (QED) is 0.433. The minimum atomic E-state index is -3.76. The predicted octanol–water partition coefficient (Wildman–Crippen LogP) is 3.70. The molecule has 5 rings (SSSR count). The lowest BCUT2D eigenvalue weighted by Gasteiger charge is -2.35. The third kappa shape index (κ3) is 6.46. The van der Waals surface area contributed by atoms with E-state index in [1.165, 1.54) is 12.8 Å². The summed E-state index contributed by atoms with van der Waals surface area (Å²) in [5.74, 6) is -3.00. The lowest BCUT2D eigenvalue weighted by atomic mass is 9.92. The third-order valence-corrected chi connectivity index (χ3v) is 9.45. The van der Waals surface area contributed by atoms with Gasteiger partial charge in [-0.1, -0.05) is 0 Å². The van der Waals surface area contributed by atoms with Gasteiger partial charge in [0.05, 0.1) is 29.3 Å². The molecule has 1 amide bonds. The summed E-state index contributed by atoms with van der Waals surface area (Å²) in [5.41, 5.74) is 2.88. The van der Waals surface area contributed by atoms with Crippen LogP contribution >= 0.6 is 0 Å².